The number of hydrogen-bond donors (Lipinski definition) is 0. The van der Waals surface area contributed by atoms with Gasteiger partial charge in [0.2, 0.25) is 0 Å². The van der Waals surface area contributed by atoms with E-state index in [2.05, 4.69) is 38.7 Å². The molecule has 0 bridgehead atoms. The lowest BCUT2D eigenvalue weighted by Gasteiger charge is -2.39. The van der Waals surface area contributed by atoms with Gasteiger partial charge in [0.15, 0.2) is 0 Å². The smallest absolute Gasteiger partial charge is 0.101 e. The van der Waals surface area contributed by atoms with Gasteiger partial charge < -0.3 is 0 Å². The van der Waals surface area contributed by atoms with E-state index < -0.39 is 0 Å². The van der Waals surface area contributed by atoms with Crippen molar-refractivity contribution in [2.75, 3.05) is 0 Å². The van der Waals surface area contributed by atoms with Crippen molar-refractivity contribution < 1.29 is 0 Å². The normalized spacial score (nSPS) is 20.4. The number of nitriles is 1. The molecule has 2 nitrogen and oxygen atoms in total. The van der Waals surface area contributed by atoms with Crippen molar-refractivity contribution in [3.05, 3.63) is 0 Å². The van der Waals surface area contributed by atoms with Gasteiger partial charge >= 0.3 is 0 Å². The van der Waals surface area contributed by atoms with Crippen LogP contribution in [0, 0.1) is 17.2 Å². The molecule has 0 spiro atoms. The summed E-state index contributed by atoms with van der Waals surface area (Å²) in [4.78, 5) is 2.38. The first-order valence-electron chi connectivity index (χ1n) is 6.75. The third-order valence-corrected chi connectivity index (χ3v) is 3.74. The Morgan fingerprint density at radius 1 is 1.00 bits per heavy atom. The van der Waals surface area contributed by atoms with Crippen LogP contribution in [0.3, 0.4) is 0 Å². The molecule has 16 heavy (non-hydrogen) atoms. The standard InChI is InChI=1S/C14H26N2/c1-11(2)16(12(3)4)14(10-15)13-8-6-5-7-9-13/h11-14H,5-9H2,1-4H3. The van der Waals surface area contributed by atoms with E-state index in [9.17, 15) is 5.26 Å². The summed E-state index contributed by atoms with van der Waals surface area (Å²) in [5.74, 6) is 0.601. The highest BCUT2D eigenvalue weighted by Gasteiger charge is 2.31. The summed E-state index contributed by atoms with van der Waals surface area (Å²) in [7, 11) is 0. The quantitative estimate of drug-likeness (QED) is 0.727. The van der Waals surface area contributed by atoms with E-state index >= 15 is 0 Å². The van der Waals surface area contributed by atoms with Crippen molar-refractivity contribution >= 4 is 0 Å². The summed E-state index contributed by atoms with van der Waals surface area (Å²) >= 11 is 0. The van der Waals surface area contributed by atoms with Gasteiger partial charge in [-0.1, -0.05) is 19.3 Å². The van der Waals surface area contributed by atoms with Gasteiger partial charge in [-0.3, -0.25) is 4.90 Å². The molecule has 2 heteroatoms. The second-order valence-corrected chi connectivity index (χ2v) is 5.61. The zero-order chi connectivity index (χ0) is 12.1. The molecule has 1 aliphatic rings. The van der Waals surface area contributed by atoms with Crippen LogP contribution >= 0.6 is 0 Å². The molecule has 1 aliphatic carbocycles. The molecule has 1 rings (SSSR count). The van der Waals surface area contributed by atoms with Gasteiger partial charge in [0.25, 0.3) is 0 Å². The van der Waals surface area contributed by atoms with Gasteiger partial charge in [-0.25, -0.2) is 0 Å². The molecule has 1 saturated carbocycles. The minimum absolute atomic E-state index is 0.125. The first-order chi connectivity index (χ1) is 7.57. The van der Waals surface area contributed by atoms with Crippen LogP contribution in [-0.2, 0) is 0 Å². The lowest BCUT2D eigenvalue weighted by Crippen LogP contribution is -2.48. The summed E-state index contributed by atoms with van der Waals surface area (Å²) < 4.78 is 0. The molecular formula is C14H26N2. The van der Waals surface area contributed by atoms with E-state index in [0.717, 1.165) is 0 Å². The van der Waals surface area contributed by atoms with Crippen molar-refractivity contribution in [3.63, 3.8) is 0 Å². The summed E-state index contributed by atoms with van der Waals surface area (Å²) in [6, 6.07) is 3.61. The van der Waals surface area contributed by atoms with Crippen LogP contribution in [0.25, 0.3) is 0 Å². The molecule has 1 atom stereocenters. The van der Waals surface area contributed by atoms with Crippen molar-refractivity contribution in [3.8, 4) is 6.07 Å². The lowest BCUT2D eigenvalue weighted by atomic mass is 9.83. The second-order valence-electron chi connectivity index (χ2n) is 5.61. The van der Waals surface area contributed by atoms with Crippen molar-refractivity contribution in [1.82, 2.24) is 4.90 Å². The fourth-order valence-electron chi connectivity index (χ4n) is 3.10. The van der Waals surface area contributed by atoms with Crippen molar-refractivity contribution in [1.29, 1.82) is 5.26 Å². The van der Waals surface area contributed by atoms with Gasteiger partial charge in [-0.05, 0) is 46.5 Å². The Balaban J connectivity index is 2.73. The predicted molar refractivity (Wildman–Crippen MR) is 68.1 cm³/mol. The molecule has 1 unspecified atom stereocenters. The average molecular weight is 222 g/mol. The Kier molecular flexibility index (Phi) is 5.28. The Morgan fingerprint density at radius 3 is 1.88 bits per heavy atom. The highest BCUT2D eigenvalue weighted by atomic mass is 15.2. The van der Waals surface area contributed by atoms with Crippen LogP contribution < -0.4 is 0 Å². The van der Waals surface area contributed by atoms with E-state index in [0.29, 0.717) is 18.0 Å². The van der Waals surface area contributed by atoms with E-state index in [4.69, 9.17) is 0 Å². The zero-order valence-corrected chi connectivity index (χ0v) is 11.2. The molecule has 0 aromatic rings. The summed E-state index contributed by atoms with van der Waals surface area (Å²) in [6.45, 7) is 8.81. The highest BCUT2D eigenvalue weighted by molar-refractivity contribution is 4.99. The highest BCUT2D eigenvalue weighted by Crippen LogP contribution is 2.30. The van der Waals surface area contributed by atoms with Crippen LogP contribution in [0.2, 0.25) is 0 Å². The van der Waals surface area contributed by atoms with Crippen LogP contribution in [-0.4, -0.2) is 23.0 Å². The zero-order valence-electron chi connectivity index (χ0n) is 11.2. The molecule has 0 N–H and O–H groups in total. The monoisotopic (exact) mass is 222 g/mol. The summed E-state index contributed by atoms with van der Waals surface area (Å²) in [5.41, 5.74) is 0. The number of hydrogen-bond acceptors (Lipinski definition) is 2. The van der Waals surface area contributed by atoms with E-state index in [1.165, 1.54) is 32.1 Å². The van der Waals surface area contributed by atoms with Gasteiger partial charge in [0, 0.05) is 12.1 Å². The second kappa shape index (κ2) is 6.25. The van der Waals surface area contributed by atoms with E-state index in [1.54, 1.807) is 0 Å². The predicted octanol–water partition coefficient (Wildman–Crippen LogP) is 3.58. The fraction of sp³-hybridized carbons (Fsp3) is 0.929. The minimum atomic E-state index is 0.125. The van der Waals surface area contributed by atoms with Crippen LogP contribution in [0.1, 0.15) is 59.8 Å². The van der Waals surface area contributed by atoms with E-state index in [1.807, 2.05) is 0 Å². The molecule has 0 aliphatic heterocycles. The van der Waals surface area contributed by atoms with Crippen molar-refractivity contribution in [2.45, 2.75) is 77.9 Å². The lowest BCUT2D eigenvalue weighted by molar-refractivity contribution is 0.0904. The molecule has 0 amide bonds. The maximum absolute atomic E-state index is 9.45. The Labute approximate surface area is 101 Å². The largest absolute Gasteiger partial charge is 0.283 e. The molecule has 92 valence electrons. The topological polar surface area (TPSA) is 27.0 Å². The van der Waals surface area contributed by atoms with Crippen LogP contribution in [0.5, 0.6) is 0 Å². The maximum atomic E-state index is 9.45. The molecule has 0 saturated heterocycles. The molecule has 0 aromatic heterocycles. The Morgan fingerprint density at radius 2 is 1.50 bits per heavy atom. The van der Waals surface area contributed by atoms with Crippen LogP contribution in [0.15, 0.2) is 0 Å². The number of nitrogens with zero attached hydrogens (tertiary/aromatic N) is 2. The molecule has 0 radical (unpaired) electrons. The first kappa shape index (κ1) is 13.5. The first-order valence-corrected chi connectivity index (χ1v) is 6.75. The third-order valence-electron chi connectivity index (χ3n) is 3.74. The summed E-state index contributed by atoms with van der Waals surface area (Å²) in [6.07, 6.45) is 6.47. The molecule has 0 heterocycles. The Bertz CT molecular complexity index is 226. The van der Waals surface area contributed by atoms with Crippen LogP contribution in [0.4, 0.5) is 0 Å². The van der Waals surface area contributed by atoms with E-state index in [-0.39, 0.29) is 6.04 Å². The van der Waals surface area contributed by atoms with Gasteiger partial charge in [0.05, 0.1) is 6.07 Å². The average Bonchev–Trinajstić information content (AvgIpc) is 2.25. The molecular weight excluding hydrogens is 196 g/mol. The Hall–Kier alpha value is -0.550. The SMILES string of the molecule is CC(C)N(C(C)C)C(C#N)C1CCCCC1. The maximum Gasteiger partial charge on any atom is 0.101 e. The summed E-state index contributed by atoms with van der Waals surface area (Å²) in [5, 5.41) is 9.45. The molecule has 1 fully saturated rings. The fourth-order valence-corrected chi connectivity index (χ4v) is 3.10. The minimum Gasteiger partial charge on any atom is -0.283 e. The third kappa shape index (κ3) is 3.22. The van der Waals surface area contributed by atoms with Gasteiger partial charge in [0.1, 0.15) is 6.04 Å². The number of rotatable bonds is 4. The molecule has 0 aromatic carbocycles. The van der Waals surface area contributed by atoms with Crippen molar-refractivity contribution in [2.24, 2.45) is 5.92 Å². The van der Waals surface area contributed by atoms with Gasteiger partial charge in [-0.2, -0.15) is 5.26 Å². The van der Waals surface area contributed by atoms with Gasteiger partial charge in [-0.15, -0.1) is 0 Å².